The SMILES string of the molecule is Cc1cc(Cl)cn2c(CN3CCNCC3)cnc12. The van der Waals surface area contributed by atoms with Crippen LogP contribution in [0.1, 0.15) is 11.3 Å². The number of nitrogens with zero attached hydrogens (tertiary/aromatic N) is 3. The van der Waals surface area contributed by atoms with Gasteiger partial charge in [0.2, 0.25) is 0 Å². The molecule has 1 fully saturated rings. The zero-order valence-electron chi connectivity index (χ0n) is 10.5. The van der Waals surface area contributed by atoms with Crippen molar-refractivity contribution in [2.45, 2.75) is 13.5 Å². The number of aromatic nitrogens is 2. The van der Waals surface area contributed by atoms with E-state index >= 15 is 0 Å². The van der Waals surface area contributed by atoms with Gasteiger partial charge in [-0.2, -0.15) is 0 Å². The number of imidazole rings is 1. The van der Waals surface area contributed by atoms with Crippen molar-refractivity contribution in [3.63, 3.8) is 0 Å². The second-order valence-electron chi connectivity index (χ2n) is 4.81. The molecule has 2 aromatic rings. The van der Waals surface area contributed by atoms with E-state index in [1.807, 2.05) is 25.4 Å². The summed E-state index contributed by atoms with van der Waals surface area (Å²) in [6, 6.07) is 1.96. The van der Waals surface area contributed by atoms with Crippen LogP contribution in [-0.4, -0.2) is 40.5 Å². The van der Waals surface area contributed by atoms with Crippen LogP contribution >= 0.6 is 11.6 Å². The molecule has 1 aliphatic rings. The van der Waals surface area contributed by atoms with Crippen molar-refractivity contribution in [2.24, 2.45) is 0 Å². The molecule has 0 aromatic carbocycles. The van der Waals surface area contributed by atoms with Gasteiger partial charge in [-0.3, -0.25) is 4.90 Å². The molecule has 0 aliphatic carbocycles. The van der Waals surface area contributed by atoms with Crippen molar-refractivity contribution in [2.75, 3.05) is 26.2 Å². The molecule has 0 unspecified atom stereocenters. The largest absolute Gasteiger partial charge is 0.314 e. The second kappa shape index (κ2) is 4.88. The summed E-state index contributed by atoms with van der Waals surface area (Å²) in [6.07, 6.45) is 3.91. The van der Waals surface area contributed by atoms with Crippen LogP contribution in [0.25, 0.3) is 5.65 Å². The van der Waals surface area contributed by atoms with Gasteiger partial charge in [0.15, 0.2) is 0 Å². The third-order valence-electron chi connectivity index (χ3n) is 3.43. The van der Waals surface area contributed by atoms with Gasteiger partial charge in [-0.05, 0) is 18.6 Å². The van der Waals surface area contributed by atoms with Crippen LogP contribution in [0.3, 0.4) is 0 Å². The zero-order valence-corrected chi connectivity index (χ0v) is 11.2. The number of hydrogen-bond acceptors (Lipinski definition) is 3. The first-order valence-electron chi connectivity index (χ1n) is 6.29. The Labute approximate surface area is 112 Å². The minimum Gasteiger partial charge on any atom is -0.314 e. The quantitative estimate of drug-likeness (QED) is 0.896. The summed E-state index contributed by atoms with van der Waals surface area (Å²) in [7, 11) is 0. The molecule has 0 radical (unpaired) electrons. The maximum atomic E-state index is 6.12. The van der Waals surface area contributed by atoms with Crippen LogP contribution in [0.15, 0.2) is 18.5 Å². The predicted molar refractivity (Wildman–Crippen MR) is 73.1 cm³/mol. The van der Waals surface area contributed by atoms with Gasteiger partial charge < -0.3 is 9.72 Å². The normalized spacial score (nSPS) is 17.4. The zero-order chi connectivity index (χ0) is 12.5. The predicted octanol–water partition coefficient (Wildman–Crippen LogP) is 1.70. The van der Waals surface area contributed by atoms with E-state index in [1.54, 1.807) is 0 Å². The maximum Gasteiger partial charge on any atom is 0.139 e. The summed E-state index contributed by atoms with van der Waals surface area (Å²) in [5, 5.41) is 4.13. The summed E-state index contributed by atoms with van der Waals surface area (Å²) < 4.78 is 2.11. The van der Waals surface area contributed by atoms with E-state index in [0.29, 0.717) is 0 Å². The van der Waals surface area contributed by atoms with Crippen LogP contribution in [-0.2, 0) is 6.54 Å². The van der Waals surface area contributed by atoms with Crippen molar-refractivity contribution in [1.29, 1.82) is 0 Å². The van der Waals surface area contributed by atoms with Gasteiger partial charge in [0.25, 0.3) is 0 Å². The molecule has 5 heteroatoms. The molecule has 1 aliphatic heterocycles. The second-order valence-corrected chi connectivity index (χ2v) is 5.25. The lowest BCUT2D eigenvalue weighted by Crippen LogP contribution is -2.43. The highest BCUT2D eigenvalue weighted by Crippen LogP contribution is 2.18. The molecule has 0 atom stereocenters. The highest BCUT2D eigenvalue weighted by molar-refractivity contribution is 6.30. The lowest BCUT2D eigenvalue weighted by molar-refractivity contribution is 0.230. The molecule has 0 bridgehead atoms. The lowest BCUT2D eigenvalue weighted by Gasteiger charge is -2.26. The van der Waals surface area contributed by atoms with Gasteiger partial charge in [-0.25, -0.2) is 4.98 Å². The Balaban J connectivity index is 1.92. The van der Waals surface area contributed by atoms with Crippen LogP contribution < -0.4 is 5.32 Å². The van der Waals surface area contributed by atoms with Crippen LogP contribution in [0.5, 0.6) is 0 Å². The minimum atomic E-state index is 0.763. The molecule has 1 N–H and O–H groups in total. The molecule has 1 saturated heterocycles. The lowest BCUT2D eigenvalue weighted by atomic mass is 10.3. The Kier molecular flexibility index (Phi) is 3.24. The number of fused-ring (bicyclic) bond motifs is 1. The van der Waals surface area contributed by atoms with Crippen LogP contribution in [0.2, 0.25) is 5.02 Å². The van der Waals surface area contributed by atoms with E-state index in [0.717, 1.165) is 49.0 Å². The fourth-order valence-electron chi connectivity index (χ4n) is 2.48. The summed E-state index contributed by atoms with van der Waals surface area (Å²) in [4.78, 5) is 6.93. The van der Waals surface area contributed by atoms with Crippen molar-refractivity contribution in [3.05, 3.63) is 34.7 Å². The van der Waals surface area contributed by atoms with Gasteiger partial charge in [-0.1, -0.05) is 11.6 Å². The molecule has 3 rings (SSSR count). The number of aryl methyl sites for hydroxylation is 1. The topological polar surface area (TPSA) is 32.6 Å². The van der Waals surface area contributed by atoms with Gasteiger partial charge in [0.05, 0.1) is 16.9 Å². The van der Waals surface area contributed by atoms with E-state index < -0.39 is 0 Å². The van der Waals surface area contributed by atoms with E-state index in [2.05, 4.69) is 19.6 Å². The van der Waals surface area contributed by atoms with Crippen molar-refractivity contribution in [1.82, 2.24) is 19.6 Å². The number of pyridine rings is 1. The fraction of sp³-hybridized carbons (Fsp3) is 0.462. The Morgan fingerprint density at radius 1 is 1.39 bits per heavy atom. The molecule has 0 spiro atoms. The molecule has 96 valence electrons. The third-order valence-corrected chi connectivity index (χ3v) is 3.63. The van der Waals surface area contributed by atoms with Gasteiger partial charge in [0, 0.05) is 38.9 Å². The molecule has 18 heavy (non-hydrogen) atoms. The molecule has 4 nitrogen and oxygen atoms in total. The summed E-state index contributed by atoms with van der Waals surface area (Å²) in [5.74, 6) is 0. The Morgan fingerprint density at radius 3 is 2.94 bits per heavy atom. The molecule has 0 amide bonds. The average Bonchev–Trinajstić information content (AvgIpc) is 2.74. The third kappa shape index (κ3) is 2.23. The molecule has 0 saturated carbocycles. The molecular weight excluding hydrogens is 248 g/mol. The highest BCUT2D eigenvalue weighted by atomic mass is 35.5. The smallest absolute Gasteiger partial charge is 0.139 e. The van der Waals surface area contributed by atoms with Crippen molar-refractivity contribution < 1.29 is 0 Å². The number of rotatable bonds is 2. The standard InChI is InChI=1S/C13H17ClN4/c1-10-6-11(14)8-18-12(7-16-13(10)18)9-17-4-2-15-3-5-17/h6-8,15H,2-5,9H2,1H3. The van der Waals surface area contributed by atoms with Crippen LogP contribution in [0, 0.1) is 6.92 Å². The summed E-state index contributed by atoms with van der Waals surface area (Å²) in [5.41, 5.74) is 3.33. The molecule has 2 aromatic heterocycles. The number of hydrogen-bond donors (Lipinski definition) is 1. The van der Waals surface area contributed by atoms with E-state index in [4.69, 9.17) is 11.6 Å². The Morgan fingerprint density at radius 2 is 2.17 bits per heavy atom. The number of piperazine rings is 1. The van der Waals surface area contributed by atoms with E-state index in [9.17, 15) is 0 Å². The first-order valence-corrected chi connectivity index (χ1v) is 6.67. The van der Waals surface area contributed by atoms with Gasteiger partial charge in [-0.15, -0.1) is 0 Å². The Hall–Kier alpha value is -1.10. The van der Waals surface area contributed by atoms with Crippen molar-refractivity contribution in [3.8, 4) is 0 Å². The fourth-order valence-corrected chi connectivity index (χ4v) is 2.74. The molecule has 3 heterocycles. The van der Waals surface area contributed by atoms with E-state index in [-0.39, 0.29) is 0 Å². The molecular formula is C13H17ClN4. The van der Waals surface area contributed by atoms with Gasteiger partial charge in [0.1, 0.15) is 5.65 Å². The number of halogens is 1. The van der Waals surface area contributed by atoms with Gasteiger partial charge >= 0.3 is 0 Å². The van der Waals surface area contributed by atoms with Crippen LogP contribution in [0.4, 0.5) is 0 Å². The average molecular weight is 265 g/mol. The van der Waals surface area contributed by atoms with E-state index in [1.165, 1.54) is 5.69 Å². The monoisotopic (exact) mass is 264 g/mol. The highest BCUT2D eigenvalue weighted by Gasteiger charge is 2.13. The first kappa shape index (κ1) is 12.0. The first-order chi connectivity index (χ1) is 8.74. The summed E-state index contributed by atoms with van der Waals surface area (Å²) >= 11 is 6.12. The Bertz CT molecular complexity index is 557. The number of nitrogens with one attached hydrogen (secondary N) is 1. The minimum absolute atomic E-state index is 0.763. The summed E-state index contributed by atoms with van der Waals surface area (Å²) in [6.45, 7) is 7.29. The maximum absolute atomic E-state index is 6.12. The van der Waals surface area contributed by atoms with Crippen molar-refractivity contribution >= 4 is 17.2 Å².